The van der Waals surface area contributed by atoms with Crippen LogP contribution in [0, 0.1) is 11.8 Å². The highest BCUT2D eigenvalue weighted by Gasteiger charge is 2.50. The number of hydrogen-bond acceptors (Lipinski definition) is 6. The molecule has 0 spiro atoms. The van der Waals surface area contributed by atoms with Crippen molar-refractivity contribution >= 4 is 7.82 Å². The van der Waals surface area contributed by atoms with Gasteiger partial charge in [0.2, 0.25) is 0 Å². The Bertz CT molecular complexity index is 1220. The molecule has 0 aliphatic heterocycles. The van der Waals surface area contributed by atoms with Crippen LogP contribution in [0.15, 0.2) is 83.4 Å². The highest BCUT2D eigenvalue weighted by Crippen LogP contribution is 2.57. The van der Waals surface area contributed by atoms with Crippen LogP contribution in [0.1, 0.15) is 38.8 Å². The van der Waals surface area contributed by atoms with Gasteiger partial charge >= 0.3 is 7.82 Å². The number of allylic oxidation sites excluding steroid dienone is 2. The first-order valence-corrected chi connectivity index (χ1v) is 13.3. The molecule has 3 aromatic rings. The molecule has 2 aromatic carbocycles. The number of aromatic amines is 1. The Hall–Kier alpha value is -3.22. The van der Waals surface area contributed by atoms with Crippen LogP contribution in [0.25, 0.3) is 0 Å². The zero-order chi connectivity index (χ0) is 25.1. The lowest BCUT2D eigenvalue weighted by molar-refractivity contribution is 0.0292. The summed E-state index contributed by atoms with van der Waals surface area (Å²) in [5, 5.41) is 13.9. The number of phosphoric acid groups is 1. The molecule has 0 radical (unpaired) electrons. The number of nitrogens with zero attached hydrogens (tertiary/aromatic N) is 1. The smallest absolute Gasteiger partial charge is 0.391 e. The largest absolute Gasteiger partial charge is 0.646 e. The summed E-state index contributed by atoms with van der Waals surface area (Å²) in [6, 6.07) is 18.9. The van der Waals surface area contributed by atoms with Crippen molar-refractivity contribution < 1.29 is 23.2 Å². The van der Waals surface area contributed by atoms with E-state index in [0.29, 0.717) is 42.2 Å². The summed E-state index contributed by atoms with van der Waals surface area (Å²) in [6.45, 7) is 4.00. The van der Waals surface area contributed by atoms with Crippen LogP contribution in [0.5, 0.6) is 11.5 Å². The number of benzene rings is 2. The molecule has 9 heteroatoms. The Morgan fingerprint density at radius 2 is 1.54 bits per heavy atom. The van der Waals surface area contributed by atoms with Crippen LogP contribution < -0.4 is 14.6 Å². The minimum absolute atomic E-state index is 0.0249. The molecule has 1 fully saturated rings. The van der Waals surface area contributed by atoms with Gasteiger partial charge in [0.05, 0.1) is 5.69 Å². The Kier molecular flexibility index (Phi) is 7.24. The Balaban J connectivity index is 0.00000141. The van der Waals surface area contributed by atoms with E-state index in [4.69, 9.17) is 13.6 Å². The minimum Gasteiger partial charge on any atom is -0.391 e. The number of aromatic nitrogens is 2. The van der Waals surface area contributed by atoms with E-state index >= 15 is 0 Å². The molecule has 3 atom stereocenters. The van der Waals surface area contributed by atoms with Gasteiger partial charge in [-0.25, -0.2) is 0 Å². The number of para-hydroxylation sites is 2. The number of aryl methyl sites for hydroxylation is 1. The second-order valence-corrected chi connectivity index (χ2v) is 10.1. The van der Waals surface area contributed by atoms with Gasteiger partial charge in [-0.05, 0) is 55.0 Å². The number of fused-ring (bicyclic) bond motifs is 1. The van der Waals surface area contributed by atoms with Gasteiger partial charge in [0.15, 0.2) is 0 Å². The molecule has 2 aliphatic rings. The van der Waals surface area contributed by atoms with Gasteiger partial charge in [-0.1, -0.05) is 50.2 Å². The maximum atomic E-state index is 13.6. The summed E-state index contributed by atoms with van der Waals surface area (Å²) in [5.41, 5.74) is -0.770. The number of aliphatic hydroxyl groups is 1. The van der Waals surface area contributed by atoms with Gasteiger partial charge in [0.1, 0.15) is 22.9 Å². The first kappa shape index (κ1) is 24.9. The average Bonchev–Trinajstić information content (AvgIpc) is 3.46. The van der Waals surface area contributed by atoms with Crippen LogP contribution in [0.4, 0.5) is 0 Å². The summed E-state index contributed by atoms with van der Waals surface area (Å²) in [6.07, 6.45) is 3.29. The third kappa shape index (κ3) is 5.55. The van der Waals surface area contributed by atoms with Crippen molar-refractivity contribution in [2.45, 2.75) is 38.7 Å². The van der Waals surface area contributed by atoms with Crippen molar-refractivity contribution in [3.8, 4) is 11.5 Å². The van der Waals surface area contributed by atoms with E-state index in [2.05, 4.69) is 5.10 Å². The van der Waals surface area contributed by atoms with Crippen LogP contribution in [-0.2, 0) is 21.7 Å². The number of phosphoric ester groups is 1. The molecule has 2 N–H and O–H groups in total. The third-order valence-corrected chi connectivity index (χ3v) is 7.50. The lowest BCUT2D eigenvalue weighted by Crippen LogP contribution is -2.25. The molecular formula is C26H31N2O6P. The van der Waals surface area contributed by atoms with E-state index in [9.17, 15) is 14.5 Å². The fourth-order valence-electron chi connectivity index (χ4n) is 4.83. The molecule has 35 heavy (non-hydrogen) atoms. The standard InChI is InChI=1S/C24H25N2O6P.C2H6/c1-26-22(14-23(27)25-26)24(28)15-17-12-21(13-18(17)16-24)32-33(29,30-19-8-4-2-5-9-19)31-20-10-6-3-7-11-20;1-2/h2-12,14,17-18,28H,13,15-16H2,1H3,(H,25,27);1-2H3/t17-,18+,24+;/m0./s1. The SMILES string of the molecule is CC.Cn1[nH]c(=O)cc1[C@]1(O)C[C@H]2CC(OP(=O)(Oc3ccccc3)Oc3ccccc3)=C[C@H]2C1. The number of nitrogens with one attached hydrogen (secondary N) is 1. The van der Waals surface area contributed by atoms with E-state index < -0.39 is 13.4 Å². The van der Waals surface area contributed by atoms with Gasteiger partial charge in [-0.2, -0.15) is 4.57 Å². The Morgan fingerprint density at radius 1 is 0.971 bits per heavy atom. The molecule has 0 saturated heterocycles. The van der Waals surface area contributed by atoms with Gasteiger partial charge in [0, 0.05) is 19.5 Å². The molecule has 1 aromatic heterocycles. The molecule has 8 nitrogen and oxygen atoms in total. The Labute approximate surface area is 204 Å². The van der Waals surface area contributed by atoms with Crippen LogP contribution >= 0.6 is 7.82 Å². The van der Waals surface area contributed by atoms with E-state index in [1.807, 2.05) is 32.1 Å². The zero-order valence-corrected chi connectivity index (χ0v) is 21.0. The van der Waals surface area contributed by atoms with Crippen molar-refractivity contribution in [2.75, 3.05) is 0 Å². The quantitative estimate of drug-likeness (QED) is 0.416. The van der Waals surface area contributed by atoms with Crippen LogP contribution in [0.2, 0.25) is 0 Å². The third-order valence-electron chi connectivity index (χ3n) is 6.18. The van der Waals surface area contributed by atoms with Crippen LogP contribution in [0.3, 0.4) is 0 Å². The molecule has 186 valence electrons. The van der Waals surface area contributed by atoms with Crippen molar-refractivity contribution in [3.63, 3.8) is 0 Å². The number of H-pyrrole nitrogens is 1. The molecule has 0 amide bonds. The van der Waals surface area contributed by atoms with E-state index in [1.165, 1.54) is 6.07 Å². The second-order valence-electron chi connectivity index (χ2n) is 8.61. The molecule has 0 bridgehead atoms. The average molecular weight is 499 g/mol. The number of rotatable bonds is 7. The maximum absolute atomic E-state index is 13.6. The second kappa shape index (κ2) is 10.2. The molecular weight excluding hydrogens is 467 g/mol. The molecule has 1 saturated carbocycles. The lowest BCUT2D eigenvalue weighted by atomic mass is 9.95. The lowest BCUT2D eigenvalue weighted by Gasteiger charge is -2.24. The minimum atomic E-state index is -4.03. The number of hydrogen-bond donors (Lipinski definition) is 2. The van der Waals surface area contributed by atoms with Gasteiger partial charge in [0.25, 0.3) is 5.56 Å². The maximum Gasteiger partial charge on any atom is 0.646 e. The molecule has 1 heterocycles. The molecule has 2 aliphatic carbocycles. The summed E-state index contributed by atoms with van der Waals surface area (Å²) in [5.74, 6) is 1.38. The normalized spacial score (nSPS) is 23.0. The van der Waals surface area contributed by atoms with Crippen molar-refractivity contribution in [2.24, 2.45) is 18.9 Å². The monoisotopic (exact) mass is 498 g/mol. The highest BCUT2D eigenvalue weighted by atomic mass is 31.2. The summed E-state index contributed by atoms with van der Waals surface area (Å²) in [4.78, 5) is 11.7. The fourth-order valence-corrected chi connectivity index (χ4v) is 6.13. The van der Waals surface area contributed by atoms with Crippen LogP contribution in [-0.4, -0.2) is 14.9 Å². The Morgan fingerprint density at radius 3 is 2.03 bits per heavy atom. The zero-order valence-electron chi connectivity index (χ0n) is 20.1. The first-order valence-electron chi connectivity index (χ1n) is 11.8. The van der Waals surface area contributed by atoms with Crippen molar-refractivity contribution in [1.82, 2.24) is 9.78 Å². The van der Waals surface area contributed by atoms with Crippen molar-refractivity contribution in [1.29, 1.82) is 0 Å². The van der Waals surface area contributed by atoms with Gasteiger partial charge < -0.3 is 18.7 Å². The summed E-state index contributed by atoms with van der Waals surface area (Å²) >= 11 is 0. The van der Waals surface area contributed by atoms with Gasteiger partial charge in [-0.3, -0.25) is 14.6 Å². The molecule has 5 rings (SSSR count). The predicted octanol–water partition coefficient (Wildman–Crippen LogP) is 5.52. The first-order chi connectivity index (χ1) is 16.8. The van der Waals surface area contributed by atoms with E-state index in [0.717, 1.165) is 0 Å². The summed E-state index contributed by atoms with van der Waals surface area (Å²) in [7, 11) is -2.31. The van der Waals surface area contributed by atoms with E-state index in [-0.39, 0.29) is 17.4 Å². The van der Waals surface area contributed by atoms with Gasteiger partial charge in [-0.15, -0.1) is 0 Å². The predicted molar refractivity (Wildman–Crippen MR) is 133 cm³/mol. The van der Waals surface area contributed by atoms with E-state index in [1.54, 1.807) is 60.3 Å². The van der Waals surface area contributed by atoms with Crippen molar-refractivity contribution in [3.05, 3.63) is 94.6 Å². The highest BCUT2D eigenvalue weighted by molar-refractivity contribution is 7.49. The summed E-state index contributed by atoms with van der Waals surface area (Å²) < 4.78 is 32.5. The molecule has 0 unspecified atom stereocenters. The topological polar surface area (TPSA) is 103 Å². The fraction of sp³-hybridized carbons (Fsp3) is 0.346.